The van der Waals surface area contributed by atoms with Gasteiger partial charge in [-0.2, -0.15) is 9.37 Å². The molecule has 1 aliphatic rings. The molecule has 3 aromatic rings. The molecule has 0 spiro atoms. The van der Waals surface area contributed by atoms with E-state index in [9.17, 15) is 4.39 Å². The van der Waals surface area contributed by atoms with E-state index in [0.29, 0.717) is 6.61 Å². The molecule has 1 aromatic carbocycles. The number of anilines is 1. The fourth-order valence-electron chi connectivity index (χ4n) is 3.32. The molecule has 0 fully saturated rings. The number of aryl methyl sites for hydroxylation is 1. The third kappa shape index (κ3) is 3.52. The molecule has 132 valence electrons. The number of pyridine rings is 2. The fraction of sp³-hybridized carbons (Fsp3) is 0.238. The van der Waals surface area contributed by atoms with Gasteiger partial charge in [-0.3, -0.25) is 4.98 Å². The van der Waals surface area contributed by atoms with Crippen LogP contribution < -0.4 is 9.64 Å². The van der Waals surface area contributed by atoms with Crippen molar-refractivity contribution < 1.29 is 9.13 Å². The van der Waals surface area contributed by atoms with Crippen molar-refractivity contribution in [1.29, 1.82) is 0 Å². The normalized spacial score (nSPS) is 13.4. The largest absolute Gasteiger partial charge is 0.473 e. The summed E-state index contributed by atoms with van der Waals surface area (Å²) in [7, 11) is 2.14. The molecule has 0 unspecified atom stereocenters. The van der Waals surface area contributed by atoms with Gasteiger partial charge in [0.05, 0.1) is 0 Å². The molecule has 0 bridgehead atoms. The standard InChI is InChI=1S/C21H20FN3O/c1-25-9-3-4-17-11-16(7-8-19(17)25)18-10-15(12-23-13-18)14-26-21-6-2-5-20(22)24-21/h2,5-8,10-13H,3-4,9,14H2,1H3. The van der Waals surface area contributed by atoms with Crippen LogP contribution in [0.25, 0.3) is 11.1 Å². The van der Waals surface area contributed by atoms with E-state index in [2.05, 4.69) is 46.2 Å². The molecule has 0 atom stereocenters. The second-order valence-corrected chi connectivity index (χ2v) is 6.54. The van der Waals surface area contributed by atoms with Crippen LogP contribution in [0, 0.1) is 5.95 Å². The van der Waals surface area contributed by atoms with Crippen LogP contribution >= 0.6 is 0 Å². The summed E-state index contributed by atoms with van der Waals surface area (Å²) in [4.78, 5) is 10.3. The van der Waals surface area contributed by atoms with Crippen LogP contribution in [-0.2, 0) is 13.0 Å². The Hall–Kier alpha value is -2.95. The molecule has 2 aromatic heterocycles. The Morgan fingerprint density at radius 3 is 2.92 bits per heavy atom. The van der Waals surface area contributed by atoms with Crippen molar-refractivity contribution in [1.82, 2.24) is 9.97 Å². The van der Waals surface area contributed by atoms with Gasteiger partial charge in [-0.25, -0.2) is 0 Å². The van der Waals surface area contributed by atoms with Gasteiger partial charge in [0.2, 0.25) is 11.8 Å². The van der Waals surface area contributed by atoms with E-state index in [1.807, 2.05) is 6.20 Å². The Kier molecular flexibility index (Phi) is 4.52. The molecule has 3 heterocycles. The van der Waals surface area contributed by atoms with Gasteiger partial charge in [0.15, 0.2) is 0 Å². The lowest BCUT2D eigenvalue weighted by Crippen LogP contribution is -2.24. The summed E-state index contributed by atoms with van der Waals surface area (Å²) in [6.45, 7) is 1.40. The molecule has 0 amide bonds. The number of halogens is 1. The Morgan fingerprint density at radius 1 is 1.12 bits per heavy atom. The zero-order valence-electron chi connectivity index (χ0n) is 14.7. The average molecular weight is 349 g/mol. The van der Waals surface area contributed by atoms with Crippen LogP contribution in [0.2, 0.25) is 0 Å². The maximum absolute atomic E-state index is 13.1. The molecule has 26 heavy (non-hydrogen) atoms. The highest BCUT2D eigenvalue weighted by Crippen LogP contribution is 2.31. The Bertz CT molecular complexity index is 929. The maximum atomic E-state index is 13.1. The first-order valence-electron chi connectivity index (χ1n) is 8.73. The van der Waals surface area contributed by atoms with Crippen LogP contribution in [0.15, 0.2) is 54.9 Å². The van der Waals surface area contributed by atoms with Crippen molar-refractivity contribution in [2.24, 2.45) is 0 Å². The van der Waals surface area contributed by atoms with Crippen LogP contribution in [0.5, 0.6) is 5.88 Å². The van der Waals surface area contributed by atoms with E-state index in [0.717, 1.165) is 29.7 Å². The second-order valence-electron chi connectivity index (χ2n) is 6.54. The van der Waals surface area contributed by atoms with Crippen LogP contribution in [0.3, 0.4) is 0 Å². The summed E-state index contributed by atoms with van der Waals surface area (Å²) in [6, 6.07) is 13.1. The first-order valence-corrected chi connectivity index (χ1v) is 8.73. The predicted octanol–water partition coefficient (Wildman–Crippen LogP) is 4.24. The van der Waals surface area contributed by atoms with Crippen molar-refractivity contribution in [2.45, 2.75) is 19.4 Å². The third-order valence-corrected chi connectivity index (χ3v) is 4.63. The summed E-state index contributed by atoms with van der Waals surface area (Å²) in [5.74, 6) is -0.277. The lowest BCUT2D eigenvalue weighted by atomic mass is 9.97. The lowest BCUT2D eigenvalue weighted by Gasteiger charge is -2.27. The highest BCUT2D eigenvalue weighted by molar-refractivity contribution is 5.69. The molecule has 1 aliphatic heterocycles. The summed E-state index contributed by atoms with van der Waals surface area (Å²) < 4.78 is 18.7. The van der Waals surface area contributed by atoms with Gasteiger partial charge in [-0.1, -0.05) is 12.1 Å². The molecule has 0 radical (unpaired) electrons. The number of aromatic nitrogens is 2. The number of ether oxygens (including phenoxy) is 1. The van der Waals surface area contributed by atoms with Gasteiger partial charge in [-0.05, 0) is 48.2 Å². The van der Waals surface area contributed by atoms with Crippen molar-refractivity contribution >= 4 is 5.69 Å². The van der Waals surface area contributed by atoms with E-state index in [-0.39, 0.29) is 5.88 Å². The van der Waals surface area contributed by atoms with E-state index in [1.165, 1.54) is 23.7 Å². The first kappa shape index (κ1) is 16.5. The Labute approximate surface area is 152 Å². The number of rotatable bonds is 4. The fourth-order valence-corrected chi connectivity index (χ4v) is 3.32. The van der Waals surface area contributed by atoms with Gasteiger partial charge >= 0.3 is 0 Å². The lowest BCUT2D eigenvalue weighted by molar-refractivity contribution is 0.289. The van der Waals surface area contributed by atoms with Crippen LogP contribution in [0.4, 0.5) is 10.1 Å². The highest BCUT2D eigenvalue weighted by Gasteiger charge is 2.14. The van der Waals surface area contributed by atoms with Crippen molar-refractivity contribution in [3.05, 3.63) is 71.9 Å². The number of hydrogen-bond donors (Lipinski definition) is 0. The van der Waals surface area contributed by atoms with Crippen molar-refractivity contribution in [2.75, 3.05) is 18.5 Å². The average Bonchev–Trinajstić information content (AvgIpc) is 2.67. The smallest absolute Gasteiger partial charge is 0.216 e. The number of hydrogen-bond acceptors (Lipinski definition) is 4. The minimum absolute atomic E-state index is 0.271. The van der Waals surface area contributed by atoms with Crippen molar-refractivity contribution in [3.8, 4) is 17.0 Å². The molecule has 0 N–H and O–H groups in total. The van der Waals surface area contributed by atoms with Crippen LogP contribution in [-0.4, -0.2) is 23.6 Å². The van der Waals surface area contributed by atoms with Gasteiger partial charge in [-0.15, -0.1) is 0 Å². The molecule has 0 aliphatic carbocycles. The predicted molar refractivity (Wildman–Crippen MR) is 99.8 cm³/mol. The van der Waals surface area contributed by atoms with Gasteiger partial charge in [0.25, 0.3) is 0 Å². The van der Waals surface area contributed by atoms with E-state index in [1.54, 1.807) is 18.3 Å². The van der Waals surface area contributed by atoms with Gasteiger partial charge in [0, 0.05) is 48.9 Å². The summed E-state index contributed by atoms with van der Waals surface area (Å²) in [5.41, 5.74) is 5.81. The molecule has 0 saturated heterocycles. The SMILES string of the molecule is CN1CCCc2cc(-c3cncc(COc4cccc(F)n4)c3)ccc21. The number of benzene rings is 1. The molecule has 5 heteroatoms. The van der Waals surface area contributed by atoms with Crippen molar-refractivity contribution in [3.63, 3.8) is 0 Å². The first-order chi connectivity index (χ1) is 12.7. The van der Waals surface area contributed by atoms with Crippen LogP contribution in [0.1, 0.15) is 17.5 Å². The minimum Gasteiger partial charge on any atom is -0.473 e. The number of fused-ring (bicyclic) bond motifs is 1. The van der Waals surface area contributed by atoms with E-state index in [4.69, 9.17) is 4.74 Å². The topological polar surface area (TPSA) is 38.2 Å². The Balaban J connectivity index is 1.54. The summed E-state index contributed by atoms with van der Waals surface area (Å²) in [6.07, 6.45) is 5.90. The van der Waals surface area contributed by atoms with Gasteiger partial charge in [0.1, 0.15) is 6.61 Å². The summed E-state index contributed by atoms with van der Waals surface area (Å²) >= 11 is 0. The summed E-state index contributed by atoms with van der Waals surface area (Å²) in [5, 5.41) is 0. The maximum Gasteiger partial charge on any atom is 0.216 e. The van der Waals surface area contributed by atoms with E-state index < -0.39 is 5.95 Å². The Morgan fingerprint density at radius 2 is 2.04 bits per heavy atom. The van der Waals surface area contributed by atoms with Gasteiger partial charge < -0.3 is 9.64 Å². The zero-order chi connectivity index (χ0) is 17.9. The molecule has 4 rings (SSSR count). The highest BCUT2D eigenvalue weighted by atomic mass is 19.1. The number of nitrogens with zero attached hydrogens (tertiary/aromatic N) is 3. The molecule has 4 nitrogen and oxygen atoms in total. The minimum atomic E-state index is -0.548. The second kappa shape index (κ2) is 7.12. The van der Waals surface area contributed by atoms with E-state index >= 15 is 0 Å². The molecule has 0 saturated carbocycles. The molecular formula is C21H20FN3O. The zero-order valence-corrected chi connectivity index (χ0v) is 14.7. The third-order valence-electron chi connectivity index (χ3n) is 4.63. The quantitative estimate of drug-likeness (QED) is 0.660. The molecular weight excluding hydrogens is 329 g/mol. The monoisotopic (exact) mass is 349 g/mol.